The van der Waals surface area contributed by atoms with Crippen molar-refractivity contribution in [2.24, 2.45) is 0 Å². The van der Waals surface area contributed by atoms with E-state index in [1.54, 1.807) is 24.7 Å². The van der Waals surface area contributed by atoms with Gasteiger partial charge in [-0.15, -0.1) is 10.2 Å². The largest absolute Gasteiger partial charge is 0.444 e. The number of rotatable bonds is 5. The van der Waals surface area contributed by atoms with Crippen molar-refractivity contribution in [3.8, 4) is 17.1 Å². The first-order valence-electron chi connectivity index (χ1n) is 8.10. The summed E-state index contributed by atoms with van der Waals surface area (Å²) in [7, 11) is 0. The van der Waals surface area contributed by atoms with Gasteiger partial charge in [-0.05, 0) is 48.9 Å². The van der Waals surface area contributed by atoms with Crippen LogP contribution in [-0.4, -0.2) is 19.7 Å². The van der Waals surface area contributed by atoms with Crippen LogP contribution in [0.25, 0.3) is 17.1 Å². The Hall–Kier alpha value is -2.64. The molecule has 136 valence electrons. The van der Waals surface area contributed by atoms with Crippen LogP contribution in [0.5, 0.6) is 0 Å². The normalized spacial score (nSPS) is 11.1. The summed E-state index contributed by atoms with van der Waals surface area (Å²) < 4.78 is 20.4. The summed E-state index contributed by atoms with van der Waals surface area (Å²) in [5.74, 6) is 0.720. The highest BCUT2D eigenvalue weighted by atomic mass is 35.5. The van der Waals surface area contributed by atoms with E-state index in [0.717, 1.165) is 27.7 Å². The van der Waals surface area contributed by atoms with Gasteiger partial charge in [0.25, 0.3) is 0 Å². The van der Waals surface area contributed by atoms with E-state index in [1.807, 2.05) is 29.7 Å². The Morgan fingerprint density at radius 3 is 2.78 bits per heavy atom. The number of thioether (sulfide) groups is 1. The number of hydrogen-bond acceptors (Lipinski definition) is 5. The minimum absolute atomic E-state index is 0.295. The van der Waals surface area contributed by atoms with E-state index in [1.165, 1.54) is 23.9 Å². The first-order chi connectivity index (χ1) is 13.1. The maximum Gasteiger partial charge on any atom is 0.226 e. The number of halogens is 2. The number of aryl methyl sites for hydroxylation is 1. The second kappa shape index (κ2) is 7.54. The molecule has 0 radical (unpaired) electrons. The van der Waals surface area contributed by atoms with Crippen molar-refractivity contribution < 1.29 is 8.81 Å². The predicted molar refractivity (Wildman–Crippen MR) is 103 cm³/mol. The van der Waals surface area contributed by atoms with E-state index in [4.69, 9.17) is 16.0 Å². The smallest absolute Gasteiger partial charge is 0.226 e. The van der Waals surface area contributed by atoms with E-state index in [0.29, 0.717) is 16.7 Å². The van der Waals surface area contributed by atoms with Crippen LogP contribution in [0.4, 0.5) is 4.39 Å². The van der Waals surface area contributed by atoms with Gasteiger partial charge >= 0.3 is 0 Å². The molecule has 8 heteroatoms. The summed E-state index contributed by atoms with van der Waals surface area (Å²) >= 11 is 7.71. The first-order valence-corrected chi connectivity index (χ1v) is 9.46. The quantitative estimate of drug-likeness (QED) is 0.424. The van der Waals surface area contributed by atoms with Crippen LogP contribution < -0.4 is 0 Å². The van der Waals surface area contributed by atoms with E-state index in [2.05, 4.69) is 15.2 Å². The first kappa shape index (κ1) is 17.8. The summed E-state index contributed by atoms with van der Waals surface area (Å²) in [4.78, 5) is 4.45. The standard InChI is InChI=1S/C19H14ClFN4OS/c1-12-2-7-16(8-17(12)20)25-11-22-24-19(25)27-10-15-9-26-18(23-15)13-3-5-14(21)6-4-13/h2-9,11H,10H2,1H3. The van der Waals surface area contributed by atoms with Crippen LogP contribution in [0, 0.1) is 12.7 Å². The van der Waals surface area contributed by atoms with Crippen LogP contribution in [0.1, 0.15) is 11.3 Å². The molecule has 0 aliphatic rings. The zero-order chi connectivity index (χ0) is 18.8. The van der Waals surface area contributed by atoms with Crippen LogP contribution in [0.3, 0.4) is 0 Å². The molecule has 4 aromatic rings. The van der Waals surface area contributed by atoms with E-state index in [9.17, 15) is 4.39 Å². The number of aromatic nitrogens is 4. The molecular weight excluding hydrogens is 387 g/mol. The lowest BCUT2D eigenvalue weighted by Gasteiger charge is -2.07. The van der Waals surface area contributed by atoms with Gasteiger partial charge in [0.05, 0.1) is 11.4 Å². The molecule has 2 aromatic carbocycles. The summed E-state index contributed by atoms with van der Waals surface area (Å²) in [6.07, 6.45) is 3.24. The number of hydrogen-bond donors (Lipinski definition) is 0. The van der Waals surface area contributed by atoms with Crippen molar-refractivity contribution in [3.63, 3.8) is 0 Å². The molecule has 0 aliphatic heterocycles. The molecule has 0 saturated carbocycles. The molecule has 27 heavy (non-hydrogen) atoms. The molecule has 0 N–H and O–H groups in total. The maximum atomic E-state index is 13.0. The van der Waals surface area contributed by atoms with Crippen molar-refractivity contribution in [3.05, 3.63) is 77.2 Å². The molecule has 5 nitrogen and oxygen atoms in total. The molecule has 0 aliphatic carbocycles. The number of oxazole rings is 1. The minimum Gasteiger partial charge on any atom is -0.444 e. The SMILES string of the molecule is Cc1ccc(-n2cnnc2SCc2coc(-c3ccc(F)cc3)n2)cc1Cl. The van der Waals surface area contributed by atoms with Crippen LogP contribution in [-0.2, 0) is 5.75 Å². The van der Waals surface area contributed by atoms with Crippen molar-refractivity contribution in [2.75, 3.05) is 0 Å². The van der Waals surface area contributed by atoms with Gasteiger partial charge in [0.15, 0.2) is 5.16 Å². The third-order valence-corrected chi connectivity index (χ3v) is 5.33. The second-order valence-corrected chi connectivity index (χ2v) is 7.21. The highest BCUT2D eigenvalue weighted by Crippen LogP contribution is 2.27. The maximum absolute atomic E-state index is 13.0. The van der Waals surface area contributed by atoms with E-state index >= 15 is 0 Å². The molecule has 0 amide bonds. The van der Waals surface area contributed by atoms with E-state index < -0.39 is 0 Å². The molecule has 4 rings (SSSR count). The van der Waals surface area contributed by atoms with Gasteiger partial charge in [-0.25, -0.2) is 9.37 Å². The minimum atomic E-state index is -0.295. The third-order valence-electron chi connectivity index (χ3n) is 3.94. The lowest BCUT2D eigenvalue weighted by Crippen LogP contribution is -1.96. The lowest BCUT2D eigenvalue weighted by atomic mass is 10.2. The highest BCUT2D eigenvalue weighted by Gasteiger charge is 2.12. The zero-order valence-corrected chi connectivity index (χ0v) is 15.8. The third kappa shape index (κ3) is 3.89. The van der Waals surface area contributed by atoms with Crippen molar-refractivity contribution >= 4 is 23.4 Å². The second-order valence-electron chi connectivity index (χ2n) is 5.86. The highest BCUT2D eigenvalue weighted by molar-refractivity contribution is 7.98. The lowest BCUT2D eigenvalue weighted by molar-refractivity contribution is 0.573. The van der Waals surface area contributed by atoms with Crippen molar-refractivity contribution in [2.45, 2.75) is 17.8 Å². The summed E-state index contributed by atoms with van der Waals surface area (Å²) in [5, 5.41) is 9.58. The molecule has 0 saturated heterocycles. The number of nitrogens with zero attached hydrogens (tertiary/aromatic N) is 4. The summed E-state index contributed by atoms with van der Waals surface area (Å²) in [5.41, 5.74) is 3.39. The average Bonchev–Trinajstić information content (AvgIpc) is 3.32. The van der Waals surface area contributed by atoms with Gasteiger partial charge in [-0.2, -0.15) is 0 Å². The molecule has 0 spiro atoms. The fourth-order valence-electron chi connectivity index (χ4n) is 2.47. The van der Waals surface area contributed by atoms with Gasteiger partial charge < -0.3 is 4.42 Å². The molecule has 2 heterocycles. The van der Waals surface area contributed by atoms with Crippen LogP contribution in [0.15, 0.2) is 64.6 Å². The van der Waals surface area contributed by atoms with Gasteiger partial charge in [0.2, 0.25) is 5.89 Å². The monoisotopic (exact) mass is 400 g/mol. The predicted octanol–water partition coefficient (Wildman–Crippen LogP) is 5.32. The Labute approximate surface area is 164 Å². The average molecular weight is 401 g/mol. The van der Waals surface area contributed by atoms with Crippen LogP contribution in [0.2, 0.25) is 5.02 Å². The molecular formula is C19H14ClFN4OS. The van der Waals surface area contributed by atoms with Crippen molar-refractivity contribution in [1.82, 2.24) is 19.7 Å². The summed E-state index contributed by atoms with van der Waals surface area (Å²) in [6, 6.07) is 11.8. The van der Waals surface area contributed by atoms with Gasteiger partial charge in [-0.1, -0.05) is 29.4 Å². The fourth-order valence-corrected chi connectivity index (χ4v) is 3.45. The van der Waals surface area contributed by atoms with E-state index in [-0.39, 0.29) is 5.82 Å². The van der Waals surface area contributed by atoms with Gasteiger partial charge in [0, 0.05) is 16.3 Å². The molecule has 2 aromatic heterocycles. The van der Waals surface area contributed by atoms with Crippen LogP contribution >= 0.6 is 23.4 Å². The molecule has 0 atom stereocenters. The Balaban J connectivity index is 1.49. The number of benzene rings is 2. The Morgan fingerprint density at radius 1 is 1.19 bits per heavy atom. The fraction of sp³-hybridized carbons (Fsp3) is 0.105. The molecule has 0 fully saturated rings. The van der Waals surface area contributed by atoms with Gasteiger partial charge in [-0.3, -0.25) is 4.57 Å². The Morgan fingerprint density at radius 2 is 2.00 bits per heavy atom. The Bertz CT molecular complexity index is 1080. The zero-order valence-electron chi connectivity index (χ0n) is 14.3. The molecule has 0 bridgehead atoms. The molecule has 0 unspecified atom stereocenters. The van der Waals surface area contributed by atoms with Gasteiger partial charge in [0.1, 0.15) is 18.4 Å². The topological polar surface area (TPSA) is 56.7 Å². The Kier molecular flexibility index (Phi) is 4.96. The van der Waals surface area contributed by atoms with Crippen molar-refractivity contribution in [1.29, 1.82) is 0 Å². The summed E-state index contributed by atoms with van der Waals surface area (Å²) in [6.45, 7) is 1.96.